The summed E-state index contributed by atoms with van der Waals surface area (Å²) < 4.78 is 26.8. The largest absolute Gasteiger partial charge is 0.311 e. The Kier molecular flexibility index (Phi) is 5.83. The number of nitrogens with one attached hydrogen (secondary N) is 1. The zero-order chi connectivity index (χ0) is 18.0. The number of benzene rings is 1. The lowest BCUT2D eigenvalue weighted by molar-refractivity contribution is 0.130. The molecule has 2 saturated heterocycles. The van der Waals surface area contributed by atoms with Crippen LogP contribution >= 0.6 is 0 Å². The first-order chi connectivity index (χ1) is 11.9. The molecule has 1 aromatic carbocycles. The molecule has 140 valence electrons. The predicted molar refractivity (Wildman–Crippen MR) is 101 cm³/mol. The van der Waals surface area contributed by atoms with Crippen molar-refractivity contribution in [1.29, 1.82) is 0 Å². The van der Waals surface area contributed by atoms with E-state index in [1.165, 1.54) is 19.4 Å². The molecule has 1 atom stereocenters. The second-order valence-electron chi connectivity index (χ2n) is 7.84. The van der Waals surface area contributed by atoms with Crippen LogP contribution in [0.3, 0.4) is 0 Å². The van der Waals surface area contributed by atoms with Gasteiger partial charge in [-0.05, 0) is 64.8 Å². The van der Waals surface area contributed by atoms with Gasteiger partial charge < -0.3 is 10.2 Å². The van der Waals surface area contributed by atoms with E-state index in [1.807, 2.05) is 19.1 Å². The van der Waals surface area contributed by atoms with E-state index < -0.39 is 10.0 Å². The number of nitrogens with zero attached hydrogens (tertiary/aromatic N) is 2. The summed E-state index contributed by atoms with van der Waals surface area (Å²) >= 11 is 0. The Morgan fingerprint density at radius 1 is 1.16 bits per heavy atom. The smallest absolute Gasteiger partial charge is 0.243 e. The molecule has 3 rings (SSSR count). The molecule has 0 amide bonds. The maximum absolute atomic E-state index is 12.6. The quantitative estimate of drug-likeness (QED) is 0.839. The van der Waals surface area contributed by atoms with Crippen LogP contribution < -0.4 is 5.32 Å². The number of sulfonamides is 1. The third-order valence-electron chi connectivity index (χ3n) is 5.48. The summed E-state index contributed by atoms with van der Waals surface area (Å²) in [5.74, 6) is 0.680. The number of hydrogen-bond acceptors (Lipinski definition) is 4. The normalized spacial score (nSPS) is 23.8. The second-order valence-corrected chi connectivity index (χ2v) is 9.78. The summed E-state index contributed by atoms with van der Waals surface area (Å²) in [6.07, 6.45) is 2.54. The van der Waals surface area contributed by atoms with Crippen LogP contribution in [0.5, 0.6) is 0 Å². The van der Waals surface area contributed by atoms with Crippen molar-refractivity contribution in [1.82, 2.24) is 14.5 Å². The first-order valence-corrected chi connectivity index (χ1v) is 10.8. The van der Waals surface area contributed by atoms with Crippen molar-refractivity contribution in [2.45, 2.75) is 50.6 Å². The molecule has 1 aromatic rings. The highest BCUT2D eigenvalue weighted by atomic mass is 32.2. The lowest BCUT2D eigenvalue weighted by Gasteiger charge is -2.40. The van der Waals surface area contributed by atoms with Crippen molar-refractivity contribution in [3.05, 3.63) is 29.8 Å². The standard InChI is InChI=1S/C19H31N3O2S/c1-15(2)21-10-4-5-17(12-21)11-20-18-13-22(14-18)25(23,24)19-8-6-16(3)7-9-19/h6-9,15,17-18,20H,4-5,10-14H2,1-3H3/t17-/m1/s1. The van der Waals surface area contributed by atoms with Crippen LogP contribution in [0, 0.1) is 12.8 Å². The minimum atomic E-state index is -3.33. The lowest BCUT2D eigenvalue weighted by Crippen LogP contribution is -2.60. The van der Waals surface area contributed by atoms with Crippen LogP contribution in [-0.4, -0.2) is 62.4 Å². The number of likely N-dealkylation sites (tertiary alicyclic amines) is 1. The summed E-state index contributed by atoms with van der Waals surface area (Å²) in [4.78, 5) is 2.95. The van der Waals surface area contributed by atoms with Gasteiger partial charge in [0.15, 0.2) is 0 Å². The minimum Gasteiger partial charge on any atom is -0.311 e. The maximum atomic E-state index is 12.6. The fourth-order valence-corrected chi connectivity index (χ4v) is 5.22. The predicted octanol–water partition coefficient (Wildman–Crippen LogP) is 2.08. The SMILES string of the molecule is Cc1ccc(S(=O)(=O)N2CC(NC[C@H]3CCCN(C(C)C)C3)C2)cc1. The van der Waals surface area contributed by atoms with E-state index in [0.29, 0.717) is 29.9 Å². The van der Waals surface area contributed by atoms with Gasteiger partial charge in [0.05, 0.1) is 4.90 Å². The van der Waals surface area contributed by atoms with Gasteiger partial charge in [-0.3, -0.25) is 0 Å². The van der Waals surface area contributed by atoms with Crippen molar-refractivity contribution in [3.8, 4) is 0 Å². The van der Waals surface area contributed by atoms with Gasteiger partial charge in [0.25, 0.3) is 0 Å². The van der Waals surface area contributed by atoms with E-state index in [4.69, 9.17) is 0 Å². The van der Waals surface area contributed by atoms with E-state index >= 15 is 0 Å². The highest BCUT2D eigenvalue weighted by Gasteiger charge is 2.36. The van der Waals surface area contributed by atoms with Crippen LogP contribution in [0.25, 0.3) is 0 Å². The third-order valence-corrected chi connectivity index (χ3v) is 7.33. The van der Waals surface area contributed by atoms with Crippen molar-refractivity contribution < 1.29 is 8.42 Å². The van der Waals surface area contributed by atoms with Crippen LogP contribution in [0.1, 0.15) is 32.3 Å². The molecule has 0 bridgehead atoms. The Hall–Kier alpha value is -0.950. The molecule has 0 spiro atoms. The van der Waals surface area contributed by atoms with Crippen LogP contribution in [0.4, 0.5) is 0 Å². The maximum Gasteiger partial charge on any atom is 0.243 e. The molecule has 0 radical (unpaired) electrons. The summed E-state index contributed by atoms with van der Waals surface area (Å²) in [6.45, 7) is 11.0. The molecule has 2 aliphatic rings. The first-order valence-electron chi connectivity index (χ1n) is 9.40. The van der Waals surface area contributed by atoms with Gasteiger partial charge in [-0.1, -0.05) is 17.7 Å². The van der Waals surface area contributed by atoms with Gasteiger partial charge in [-0.2, -0.15) is 4.31 Å². The lowest BCUT2D eigenvalue weighted by atomic mass is 9.96. The van der Waals surface area contributed by atoms with E-state index in [9.17, 15) is 8.42 Å². The summed E-state index contributed by atoms with van der Waals surface area (Å²) in [5, 5.41) is 3.58. The van der Waals surface area contributed by atoms with Crippen molar-refractivity contribution in [2.75, 3.05) is 32.7 Å². The van der Waals surface area contributed by atoms with Gasteiger partial charge in [-0.25, -0.2) is 8.42 Å². The first kappa shape index (κ1) is 18.8. The number of piperidine rings is 1. The van der Waals surface area contributed by atoms with E-state index in [0.717, 1.165) is 18.7 Å². The number of rotatable bonds is 6. The molecule has 2 heterocycles. The molecular formula is C19H31N3O2S. The molecule has 2 fully saturated rings. The highest BCUT2D eigenvalue weighted by Crippen LogP contribution is 2.23. The average molecular weight is 366 g/mol. The molecule has 0 aliphatic carbocycles. The van der Waals surface area contributed by atoms with Gasteiger partial charge in [0.1, 0.15) is 0 Å². The number of hydrogen-bond donors (Lipinski definition) is 1. The van der Waals surface area contributed by atoms with E-state index in [-0.39, 0.29) is 6.04 Å². The molecule has 1 N–H and O–H groups in total. The molecule has 6 heteroatoms. The summed E-state index contributed by atoms with van der Waals surface area (Å²) in [7, 11) is -3.33. The molecule has 0 unspecified atom stereocenters. The average Bonchev–Trinajstić information content (AvgIpc) is 2.54. The van der Waals surface area contributed by atoms with Crippen molar-refractivity contribution in [2.24, 2.45) is 5.92 Å². The van der Waals surface area contributed by atoms with Crippen LogP contribution in [0.15, 0.2) is 29.2 Å². The molecule has 5 nitrogen and oxygen atoms in total. The van der Waals surface area contributed by atoms with Gasteiger partial charge in [-0.15, -0.1) is 0 Å². The van der Waals surface area contributed by atoms with Crippen molar-refractivity contribution >= 4 is 10.0 Å². The van der Waals surface area contributed by atoms with Crippen LogP contribution in [-0.2, 0) is 10.0 Å². The fraction of sp³-hybridized carbons (Fsp3) is 0.684. The van der Waals surface area contributed by atoms with Crippen molar-refractivity contribution in [3.63, 3.8) is 0 Å². The second kappa shape index (κ2) is 7.74. The minimum absolute atomic E-state index is 0.287. The Labute approximate surface area is 152 Å². The summed E-state index contributed by atoms with van der Waals surface area (Å²) in [5.41, 5.74) is 1.07. The number of aryl methyl sites for hydroxylation is 1. The van der Waals surface area contributed by atoms with Gasteiger partial charge in [0.2, 0.25) is 10.0 Å². The summed E-state index contributed by atoms with van der Waals surface area (Å²) in [6, 6.07) is 8.01. The molecule has 0 saturated carbocycles. The highest BCUT2D eigenvalue weighted by molar-refractivity contribution is 7.89. The van der Waals surface area contributed by atoms with E-state index in [1.54, 1.807) is 16.4 Å². The topological polar surface area (TPSA) is 52.7 Å². The Morgan fingerprint density at radius 2 is 1.84 bits per heavy atom. The zero-order valence-electron chi connectivity index (χ0n) is 15.6. The van der Waals surface area contributed by atoms with Crippen LogP contribution in [0.2, 0.25) is 0 Å². The molecule has 25 heavy (non-hydrogen) atoms. The third kappa shape index (κ3) is 4.42. The Morgan fingerprint density at radius 3 is 2.48 bits per heavy atom. The monoisotopic (exact) mass is 365 g/mol. The molecule has 2 aliphatic heterocycles. The fourth-order valence-electron chi connectivity index (χ4n) is 3.69. The Balaban J connectivity index is 1.46. The molecule has 0 aromatic heterocycles. The van der Waals surface area contributed by atoms with Gasteiger partial charge >= 0.3 is 0 Å². The van der Waals surface area contributed by atoms with Gasteiger partial charge in [0, 0.05) is 31.7 Å². The van der Waals surface area contributed by atoms with E-state index in [2.05, 4.69) is 24.1 Å². The zero-order valence-corrected chi connectivity index (χ0v) is 16.4. The Bertz CT molecular complexity index is 666. The molecular weight excluding hydrogens is 334 g/mol.